The van der Waals surface area contributed by atoms with Crippen LogP contribution in [0.2, 0.25) is 0 Å². The Kier molecular flexibility index (Phi) is 4.77. The zero-order valence-electron chi connectivity index (χ0n) is 16.1. The van der Waals surface area contributed by atoms with Crippen LogP contribution < -0.4 is 14.8 Å². The van der Waals surface area contributed by atoms with Gasteiger partial charge >= 0.3 is 0 Å². The van der Waals surface area contributed by atoms with Gasteiger partial charge in [0.1, 0.15) is 12.1 Å². The van der Waals surface area contributed by atoms with Crippen LogP contribution in [0.3, 0.4) is 0 Å². The van der Waals surface area contributed by atoms with Gasteiger partial charge in [-0.3, -0.25) is 0 Å². The highest BCUT2D eigenvalue weighted by Crippen LogP contribution is 2.33. The Hall–Kier alpha value is -3.12. The van der Waals surface area contributed by atoms with E-state index in [0.29, 0.717) is 6.79 Å². The van der Waals surface area contributed by atoms with E-state index in [1.165, 1.54) is 21.6 Å². The number of aryl methyl sites for hydroxylation is 3. The van der Waals surface area contributed by atoms with Crippen LogP contribution in [0.1, 0.15) is 21.6 Å². The molecule has 0 atom stereocenters. The molecule has 2 aromatic carbocycles. The number of benzene rings is 2. The van der Waals surface area contributed by atoms with Crippen molar-refractivity contribution < 1.29 is 9.47 Å². The molecule has 0 unspecified atom stereocenters. The SMILES string of the molecule is Cc1ccsc1CNc1ncnc2ccc(CCc3ccc4c(c3)OCO4)cc12. The summed E-state index contributed by atoms with van der Waals surface area (Å²) < 4.78 is 10.9. The number of hydrogen-bond donors (Lipinski definition) is 1. The number of fused-ring (bicyclic) bond motifs is 2. The van der Waals surface area contributed by atoms with Crippen LogP contribution in [0.5, 0.6) is 11.5 Å². The molecule has 0 bridgehead atoms. The predicted octanol–water partition coefficient (Wildman–Crippen LogP) is 5.13. The second-order valence-corrected chi connectivity index (χ2v) is 8.14. The Labute approximate surface area is 173 Å². The second-order valence-electron chi connectivity index (χ2n) is 7.14. The van der Waals surface area contributed by atoms with Crippen LogP contribution in [0.4, 0.5) is 5.82 Å². The van der Waals surface area contributed by atoms with Crippen LogP contribution in [0.15, 0.2) is 54.2 Å². The third-order valence-electron chi connectivity index (χ3n) is 5.22. The molecule has 0 saturated heterocycles. The van der Waals surface area contributed by atoms with Gasteiger partial charge in [0.05, 0.1) is 12.1 Å². The van der Waals surface area contributed by atoms with Crippen molar-refractivity contribution in [3.63, 3.8) is 0 Å². The summed E-state index contributed by atoms with van der Waals surface area (Å²) in [7, 11) is 0. The molecule has 146 valence electrons. The van der Waals surface area contributed by atoms with Gasteiger partial charge in [0.25, 0.3) is 0 Å². The number of ether oxygens (including phenoxy) is 2. The molecule has 0 fully saturated rings. The highest BCUT2D eigenvalue weighted by atomic mass is 32.1. The summed E-state index contributed by atoms with van der Waals surface area (Å²) in [5.41, 5.74) is 4.77. The van der Waals surface area contributed by atoms with E-state index in [2.05, 4.69) is 64.0 Å². The average Bonchev–Trinajstić information content (AvgIpc) is 3.38. The van der Waals surface area contributed by atoms with Gasteiger partial charge in [-0.15, -0.1) is 11.3 Å². The predicted molar refractivity (Wildman–Crippen MR) is 116 cm³/mol. The van der Waals surface area contributed by atoms with Crippen molar-refractivity contribution in [2.45, 2.75) is 26.3 Å². The third kappa shape index (κ3) is 3.76. The maximum atomic E-state index is 5.48. The molecule has 6 heteroatoms. The first kappa shape index (κ1) is 17.9. The smallest absolute Gasteiger partial charge is 0.231 e. The van der Waals surface area contributed by atoms with Crippen molar-refractivity contribution in [1.29, 1.82) is 0 Å². The molecule has 1 aliphatic rings. The number of aromatic nitrogens is 2. The van der Waals surface area contributed by atoms with Crippen LogP contribution in [0, 0.1) is 6.92 Å². The Bertz CT molecular complexity index is 1170. The Morgan fingerprint density at radius 1 is 0.966 bits per heavy atom. The van der Waals surface area contributed by atoms with E-state index in [4.69, 9.17) is 9.47 Å². The van der Waals surface area contributed by atoms with E-state index >= 15 is 0 Å². The monoisotopic (exact) mass is 403 g/mol. The summed E-state index contributed by atoms with van der Waals surface area (Å²) >= 11 is 1.77. The van der Waals surface area contributed by atoms with E-state index in [9.17, 15) is 0 Å². The van der Waals surface area contributed by atoms with Crippen LogP contribution in [-0.4, -0.2) is 16.8 Å². The highest BCUT2D eigenvalue weighted by molar-refractivity contribution is 7.10. The molecule has 4 aromatic rings. The van der Waals surface area contributed by atoms with E-state index in [0.717, 1.165) is 47.6 Å². The number of rotatable bonds is 6. The van der Waals surface area contributed by atoms with Gasteiger partial charge < -0.3 is 14.8 Å². The lowest BCUT2D eigenvalue weighted by Gasteiger charge is -2.10. The molecule has 29 heavy (non-hydrogen) atoms. The summed E-state index contributed by atoms with van der Waals surface area (Å²) in [6, 6.07) is 14.7. The molecule has 0 amide bonds. The summed E-state index contributed by atoms with van der Waals surface area (Å²) in [5, 5.41) is 6.67. The molecule has 1 N–H and O–H groups in total. The van der Waals surface area contributed by atoms with Crippen molar-refractivity contribution in [1.82, 2.24) is 9.97 Å². The molecule has 1 aliphatic heterocycles. The fourth-order valence-corrected chi connectivity index (χ4v) is 4.38. The maximum absolute atomic E-state index is 5.48. The molecule has 5 nitrogen and oxygen atoms in total. The second kappa shape index (κ2) is 7.72. The summed E-state index contributed by atoms with van der Waals surface area (Å²) in [6.07, 6.45) is 3.50. The summed E-state index contributed by atoms with van der Waals surface area (Å²) in [6.45, 7) is 3.22. The van der Waals surface area contributed by atoms with Crippen LogP contribution >= 0.6 is 11.3 Å². The minimum Gasteiger partial charge on any atom is -0.454 e. The largest absolute Gasteiger partial charge is 0.454 e. The lowest BCUT2D eigenvalue weighted by Crippen LogP contribution is -2.02. The van der Waals surface area contributed by atoms with Crippen LogP contribution in [-0.2, 0) is 19.4 Å². The minimum atomic E-state index is 0.310. The molecule has 0 radical (unpaired) electrons. The van der Waals surface area contributed by atoms with E-state index in [1.54, 1.807) is 17.7 Å². The van der Waals surface area contributed by atoms with Crippen molar-refractivity contribution in [3.8, 4) is 11.5 Å². The van der Waals surface area contributed by atoms with Gasteiger partial charge in [-0.2, -0.15) is 0 Å². The normalized spacial score (nSPS) is 12.4. The lowest BCUT2D eigenvalue weighted by molar-refractivity contribution is 0.174. The summed E-state index contributed by atoms with van der Waals surface area (Å²) in [4.78, 5) is 10.2. The van der Waals surface area contributed by atoms with Crippen LogP contribution in [0.25, 0.3) is 10.9 Å². The fraction of sp³-hybridized carbons (Fsp3) is 0.217. The van der Waals surface area contributed by atoms with E-state index in [-0.39, 0.29) is 0 Å². The topological polar surface area (TPSA) is 56.3 Å². The van der Waals surface area contributed by atoms with Gasteiger partial charge in [0, 0.05) is 10.3 Å². The number of nitrogens with zero attached hydrogens (tertiary/aromatic N) is 2. The zero-order chi connectivity index (χ0) is 19.6. The van der Waals surface area contributed by atoms with Gasteiger partial charge in [-0.1, -0.05) is 12.1 Å². The Morgan fingerprint density at radius 3 is 2.66 bits per heavy atom. The zero-order valence-corrected chi connectivity index (χ0v) is 17.0. The van der Waals surface area contributed by atoms with E-state index < -0.39 is 0 Å². The van der Waals surface area contributed by atoms with Gasteiger partial charge in [-0.05, 0) is 72.2 Å². The van der Waals surface area contributed by atoms with Gasteiger partial charge in [0.15, 0.2) is 11.5 Å². The standard InChI is InChI=1S/C23H21N3O2S/c1-15-8-9-29-22(15)12-24-23-18-10-16(4-6-19(18)25-13-26-23)2-3-17-5-7-20-21(11-17)28-14-27-20/h4-11,13H,2-3,12,14H2,1H3,(H,24,25,26). The van der Waals surface area contributed by atoms with Gasteiger partial charge in [-0.25, -0.2) is 9.97 Å². The first-order valence-corrected chi connectivity index (χ1v) is 10.5. The van der Waals surface area contributed by atoms with Gasteiger partial charge in [0.2, 0.25) is 6.79 Å². The lowest BCUT2D eigenvalue weighted by atomic mass is 10.0. The number of thiophene rings is 1. The Morgan fingerprint density at radius 2 is 1.79 bits per heavy atom. The molecule has 3 heterocycles. The van der Waals surface area contributed by atoms with Crippen molar-refractivity contribution in [3.05, 3.63) is 75.7 Å². The molecule has 0 saturated carbocycles. The molecular formula is C23H21N3O2S. The first-order chi connectivity index (χ1) is 14.3. The number of hydrogen-bond acceptors (Lipinski definition) is 6. The van der Waals surface area contributed by atoms with Crippen molar-refractivity contribution >= 4 is 28.1 Å². The fourth-order valence-electron chi connectivity index (χ4n) is 3.53. The first-order valence-electron chi connectivity index (χ1n) is 9.65. The summed E-state index contributed by atoms with van der Waals surface area (Å²) in [5.74, 6) is 2.55. The molecular weight excluding hydrogens is 382 g/mol. The van der Waals surface area contributed by atoms with Crippen molar-refractivity contribution in [2.75, 3.05) is 12.1 Å². The highest BCUT2D eigenvalue weighted by Gasteiger charge is 2.13. The minimum absolute atomic E-state index is 0.310. The molecule has 5 rings (SSSR count). The van der Waals surface area contributed by atoms with E-state index in [1.807, 2.05) is 6.07 Å². The quantitative estimate of drug-likeness (QED) is 0.484. The average molecular weight is 404 g/mol. The number of nitrogens with one attached hydrogen (secondary N) is 1. The molecule has 2 aromatic heterocycles. The van der Waals surface area contributed by atoms with Crippen molar-refractivity contribution in [2.24, 2.45) is 0 Å². The maximum Gasteiger partial charge on any atom is 0.231 e. The number of anilines is 1. The molecule has 0 spiro atoms. The third-order valence-corrected chi connectivity index (χ3v) is 6.25. The molecule has 0 aliphatic carbocycles. The Balaban J connectivity index is 1.34.